The Bertz CT molecular complexity index is 522. The molecule has 2 rings (SSSR count). The van der Waals surface area contributed by atoms with E-state index in [9.17, 15) is 0 Å². The third-order valence-corrected chi connectivity index (χ3v) is 4.10. The first kappa shape index (κ1) is 14.3. The van der Waals surface area contributed by atoms with Gasteiger partial charge >= 0.3 is 0 Å². The van der Waals surface area contributed by atoms with Gasteiger partial charge in [0.2, 0.25) is 0 Å². The van der Waals surface area contributed by atoms with Gasteiger partial charge in [0, 0.05) is 17.1 Å². The van der Waals surface area contributed by atoms with Crippen LogP contribution in [0.4, 0.5) is 0 Å². The van der Waals surface area contributed by atoms with Crippen LogP contribution in [0.3, 0.4) is 0 Å². The number of hydrogen-bond acceptors (Lipinski definition) is 1. The monoisotopic (exact) mass is 317 g/mol. The molecule has 0 saturated carbocycles. The maximum absolute atomic E-state index is 3.64. The topological polar surface area (TPSA) is 12.0 Å². The van der Waals surface area contributed by atoms with Crippen LogP contribution in [0.25, 0.3) is 0 Å². The molecule has 0 radical (unpaired) electrons. The van der Waals surface area contributed by atoms with Crippen molar-refractivity contribution in [3.8, 4) is 0 Å². The minimum atomic E-state index is 0.411. The van der Waals surface area contributed by atoms with Gasteiger partial charge in [-0.05, 0) is 36.1 Å². The summed E-state index contributed by atoms with van der Waals surface area (Å²) in [6.07, 6.45) is 1.09. The van der Waals surface area contributed by atoms with Crippen molar-refractivity contribution in [2.75, 3.05) is 0 Å². The number of rotatable bonds is 5. The summed E-state index contributed by atoms with van der Waals surface area (Å²) in [5.41, 5.74) is 3.94. The van der Waals surface area contributed by atoms with Crippen LogP contribution < -0.4 is 5.32 Å². The summed E-state index contributed by atoms with van der Waals surface area (Å²) in [4.78, 5) is 0. The zero-order chi connectivity index (χ0) is 13.7. The summed E-state index contributed by atoms with van der Waals surface area (Å²) in [5, 5.41) is 3.63. The second-order valence-corrected chi connectivity index (χ2v) is 5.70. The van der Waals surface area contributed by atoms with Crippen LogP contribution in [0.2, 0.25) is 0 Å². The average molecular weight is 318 g/mol. The van der Waals surface area contributed by atoms with E-state index in [-0.39, 0.29) is 0 Å². The van der Waals surface area contributed by atoms with E-state index < -0.39 is 0 Å². The molecule has 0 amide bonds. The Morgan fingerprint density at radius 1 is 1.11 bits per heavy atom. The molecule has 1 N–H and O–H groups in total. The van der Waals surface area contributed by atoms with Crippen LogP contribution in [0, 0.1) is 6.92 Å². The molecule has 0 heterocycles. The first-order valence-electron chi connectivity index (χ1n) is 6.74. The molecule has 0 aromatic heterocycles. The zero-order valence-electron chi connectivity index (χ0n) is 11.5. The summed E-state index contributed by atoms with van der Waals surface area (Å²) < 4.78 is 1.18. The number of aryl methyl sites for hydroxylation is 1. The predicted octanol–water partition coefficient (Wildman–Crippen LogP) is 5.00. The van der Waals surface area contributed by atoms with Crippen molar-refractivity contribution < 1.29 is 0 Å². The third-order valence-electron chi connectivity index (χ3n) is 3.36. The van der Waals surface area contributed by atoms with Crippen molar-refractivity contribution in [3.63, 3.8) is 0 Å². The van der Waals surface area contributed by atoms with Crippen LogP contribution in [0.5, 0.6) is 0 Å². The fraction of sp³-hybridized carbons (Fsp3) is 0.294. The summed E-state index contributed by atoms with van der Waals surface area (Å²) in [6.45, 7) is 5.21. The molecule has 1 nitrogen and oxygen atoms in total. The number of benzene rings is 2. The number of halogens is 1. The zero-order valence-corrected chi connectivity index (χ0v) is 13.1. The second kappa shape index (κ2) is 6.88. The quantitative estimate of drug-likeness (QED) is 0.818. The van der Waals surface area contributed by atoms with Gasteiger partial charge in [0.1, 0.15) is 0 Å². The maximum atomic E-state index is 3.64. The molecule has 1 atom stereocenters. The molecule has 0 aliphatic carbocycles. The standard InChI is InChI=1S/C17H20BrN/c1-3-17(14-7-5-4-6-8-14)19-12-15-10-9-13(2)11-16(15)18/h4-11,17,19H,3,12H2,1-2H3. The third kappa shape index (κ3) is 3.92. The fourth-order valence-corrected chi connectivity index (χ4v) is 2.85. The summed E-state index contributed by atoms with van der Waals surface area (Å²) in [7, 11) is 0. The largest absolute Gasteiger partial charge is 0.306 e. The van der Waals surface area contributed by atoms with Crippen molar-refractivity contribution in [2.24, 2.45) is 0 Å². The summed E-state index contributed by atoms with van der Waals surface area (Å²) >= 11 is 3.64. The lowest BCUT2D eigenvalue weighted by Crippen LogP contribution is -2.20. The Balaban J connectivity index is 2.04. The van der Waals surface area contributed by atoms with Crippen molar-refractivity contribution in [2.45, 2.75) is 32.9 Å². The lowest BCUT2D eigenvalue weighted by atomic mass is 10.0. The molecule has 0 bridgehead atoms. The molecule has 1 unspecified atom stereocenters. The first-order valence-corrected chi connectivity index (χ1v) is 7.53. The van der Waals surface area contributed by atoms with E-state index in [0.717, 1.165) is 13.0 Å². The van der Waals surface area contributed by atoms with Crippen LogP contribution >= 0.6 is 15.9 Å². The van der Waals surface area contributed by atoms with E-state index in [4.69, 9.17) is 0 Å². The molecule has 0 saturated heterocycles. The Kier molecular flexibility index (Phi) is 5.17. The first-order chi connectivity index (χ1) is 9.20. The van der Waals surface area contributed by atoms with E-state index in [1.54, 1.807) is 0 Å². The Labute approximate surface area is 124 Å². The normalized spacial score (nSPS) is 12.4. The van der Waals surface area contributed by atoms with Gasteiger partial charge in [0.05, 0.1) is 0 Å². The van der Waals surface area contributed by atoms with Crippen LogP contribution in [-0.4, -0.2) is 0 Å². The second-order valence-electron chi connectivity index (χ2n) is 4.85. The van der Waals surface area contributed by atoms with Crippen molar-refractivity contribution in [1.82, 2.24) is 5.32 Å². The highest BCUT2D eigenvalue weighted by Crippen LogP contribution is 2.21. The van der Waals surface area contributed by atoms with Crippen molar-refractivity contribution >= 4 is 15.9 Å². The maximum Gasteiger partial charge on any atom is 0.0320 e. The van der Waals surface area contributed by atoms with Gasteiger partial charge in [-0.15, -0.1) is 0 Å². The van der Waals surface area contributed by atoms with Crippen LogP contribution in [-0.2, 0) is 6.54 Å². The van der Waals surface area contributed by atoms with Gasteiger partial charge in [-0.3, -0.25) is 0 Å². The minimum Gasteiger partial charge on any atom is -0.306 e. The van der Waals surface area contributed by atoms with Crippen molar-refractivity contribution in [1.29, 1.82) is 0 Å². The Morgan fingerprint density at radius 3 is 2.47 bits per heavy atom. The van der Waals surface area contributed by atoms with Gasteiger partial charge in [0.25, 0.3) is 0 Å². The highest BCUT2D eigenvalue weighted by molar-refractivity contribution is 9.10. The predicted molar refractivity (Wildman–Crippen MR) is 85.2 cm³/mol. The van der Waals surface area contributed by atoms with E-state index in [2.05, 4.69) is 83.6 Å². The number of nitrogens with one attached hydrogen (secondary N) is 1. The lowest BCUT2D eigenvalue weighted by molar-refractivity contribution is 0.518. The molecular formula is C17H20BrN. The Hall–Kier alpha value is -1.12. The molecule has 0 aliphatic rings. The smallest absolute Gasteiger partial charge is 0.0320 e. The molecule has 0 aliphatic heterocycles. The van der Waals surface area contributed by atoms with Gasteiger partial charge in [-0.25, -0.2) is 0 Å². The molecule has 0 fully saturated rings. The SMILES string of the molecule is CCC(NCc1ccc(C)cc1Br)c1ccccc1. The highest BCUT2D eigenvalue weighted by atomic mass is 79.9. The molecule has 19 heavy (non-hydrogen) atoms. The summed E-state index contributed by atoms with van der Waals surface area (Å²) in [5.74, 6) is 0. The summed E-state index contributed by atoms with van der Waals surface area (Å²) in [6, 6.07) is 17.6. The minimum absolute atomic E-state index is 0.411. The molecule has 100 valence electrons. The Morgan fingerprint density at radius 2 is 1.84 bits per heavy atom. The number of hydrogen-bond donors (Lipinski definition) is 1. The van der Waals surface area contributed by atoms with Gasteiger partial charge in [-0.2, -0.15) is 0 Å². The average Bonchev–Trinajstić information content (AvgIpc) is 2.43. The van der Waals surface area contributed by atoms with Gasteiger partial charge in [-0.1, -0.05) is 65.3 Å². The molecule has 0 spiro atoms. The van der Waals surface area contributed by atoms with Gasteiger partial charge in [0.15, 0.2) is 0 Å². The van der Waals surface area contributed by atoms with E-state index in [1.807, 2.05) is 0 Å². The highest BCUT2D eigenvalue weighted by Gasteiger charge is 2.08. The van der Waals surface area contributed by atoms with Crippen LogP contribution in [0.15, 0.2) is 53.0 Å². The van der Waals surface area contributed by atoms with E-state index >= 15 is 0 Å². The molecule has 2 heteroatoms. The molecular weight excluding hydrogens is 298 g/mol. The van der Waals surface area contributed by atoms with E-state index in [1.165, 1.54) is 21.2 Å². The molecule has 2 aromatic rings. The van der Waals surface area contributed by atoms with Gasteiger partial charge < -0.3 is 5.32 Å². The van der Waals surface area contributed by atoms with E-state index in [0.29, 0.717) is 6.04 Å². The lowest BCUT2D eigenvalue weighted by Gasteiger charge is -2.18. The van der Waals surface area contributed by atoms with Crippen LogP contribution in [0.1, 0.15) is 36.1 Å². The van der Waals surface area contributed by atoms with Crippen molar-refractivity contribution in [3.05, 3.63) is 69.7 Å². The molecule has 2 aromatic carbocycles. The fourth-order valence-electron chi connectivity index (χ4n) is 2.21.